The highest BCUT2D eigenvalue weighted by Gasteiger charge is 2.03. The fourth-order valence-electron chi connectivity index (χ4n) is 1.38. The molecule has 0 saturated carbocycles. The van der Waals surface area contributed by atoms with Crippen molar-refractivity contribution in [3.05, 3.63) is 40.2 Å². The number of nitrogens with zero attached hydrogens (tertiary/aromatic N) is 1. The highest BCUT2D eigenvalue weighted by atomic mass is 79.9. The number of esters is 1. The van der Waals surface area contributed by atoms with Gasteiger partial charge in [0.2, 0.25) is 0 Å². The van der Waals surface area contributed by atoms with Crippen molar-refractivity contribution >= 4 is 32.8 Å². The standard InChI is InChI=1S/C10H7BrFN.C3H7NO2/c1-6-2-3-9(11)10-8(6)4-7(12)5-13-10;1-6-3(5)2-4/h2-5H,1H3;2,4H2,1H3. The summed E-state index contributed by atoms with van der Waals surface area (Å²) in [5.41, 5.74) is 6.65. The van der Waals surface area contributed by atoms with E-state index in [9.17, 15) is 9.18 Å². The molecule has 0 aliphatic carbocycles. The van der Waals surface area contributed by atoms with E-state index in [4.69, 9.17) is 5.73 Å². The van der Waals surface area contributed by atoms with Gasteiger partial charge in [0.1, 0.15) is 5.82 Å². The van der Waals surface area contributed by atoms with Crippen LogP contribution in [-0.4, -0.2) is 24.6 Å². The van der Waals surface area contributed by atoms with Gasteiger partial charge in [-0.1, -0.05) is 6.07 Å². The molecule has 2 rings (SSSR count). The van der Waals surface area contributed by atoms with Gasteiger partial charge in [0.15, 0.2) is 0 Å². The van der Waals surface area contributed by atoms with Crippen LogP contribution >= 0.6 is 15.9 Å². The summed E-state index contributed by atoms with van der Waals surface area (Å²) >= 11 is 3.37. The van der Waals surface area contributed by atoms with E-state index >= 15 is 0 Å². The molecule has 0 bridgehead atoms. The minimum absolute atomic E-state index is 0.0312. The Morgan fingerprint density at radius 2 is 2.21 bits per heavy atom. The molecule has 102 valence electrons. The number of halogens is 2. The second kappa shape index (κ2) is 7.16. The Balaban J connectivity index is 0.000000258. The normalized spacial score (nSPS) is 9.74. The monoisotopic (exact) mass is 328 g/mol. The Bertz CT molecular complexity index is 584. The number of ether oxygens (including phenoxy) is 1. The summed E-state index contributed by atoms with van der Waals surface area (Å²) in [5, 5.41) is 0.856. The average molecular weight is 329 g/mol. The van der Waals surface area contributed by atoms with E-state index in [1.807, 2.05) is 19.1 Å². The fourth-order valence-corrected chi connectivity index (χ4v) is 1.83. The van der Waals surface area contributed by atoms with E-state index in [2.05, 4.69) is 25.7 Å². The summed E-state index contributed by atoms with van der Waals surface area (Å²) in [6.45, 7) is 1.91. The maximum absolute atomic E-state index is 12.9. The molecule has 0 radical (unpaired) electrons. The molecular formula is C13H14BrFN2O2. The van der Waals surface area contributed by atoms with Crippen molar-refractivity contribution in [1.82, 2.24) is 4.98 Å². The Labute approximate surface area is 118 Å². The number of carbonyl (C=O) groups is 1. The predicted octanol–water partition coefficient (Wildman–Crippen LogP) is 2.56. The number of methoxy groups -OCH3 is 1. The smallest absolute Gasteiger partial charge is 0.319 e. The largest absolute Gasteiger partial charge is 0.468 e. The molecule has 1 aromatic heterocycles. The number of hydrogen-bond donors (Lipinski definition) is 1. The lowest BCUT2D eigenvalue weighted by Crippen LogP contribution is -2.14. The summed E-state index contributed by atoms with van der Waals surface area (Å²) < 4.78 is 17.9. The van der Waals surface area contributed by atoms with E-state index in [0.29, 0.717) is 0 Å². The van der Waals surface area contributed by atoms with E-state index in [0.717, 1.165) is 20.9 Å². The predicted molar refractivity (Wildman–Crippen MR) is 75.2 cm³/mol. The van der Waals surface area contributed by atoms with Crippen LogP contribution in [0.15, 0.2) is 28.9 Å². The minimum Gasteiger partial charge on any atom is -0.468 e. The fraction of sp³-hybridized carbons (Fsp3) is 0.231. The zero-order chi connectivity index (χ0) is 14.4. The van der Waals surface area contributed by atoms with Crippen LogP contribution in [0.5, 0.6) is 0 Å². The number of carbonyl (C=O) groups excluding carboxylic acids is 1. The van der Waals surface area contributed by atoms with Crippen LogP contribution in [0, 0.1) is 12.7 Å². The molecule has 2 N–H and O–H groups in total. The summed E-state index contributed by atoms with van der Waals surface area (Å²) in [6.07, 6.45) is 1.23. The van der Waals surface area contributed by atoms with E-state index in [1.54, 1.807) is 0 Å². The van der Waals surface area contributed by atoms with Gasteiger partial charge in [-0.05, 0) is 40.5 Å². The number of aryl methyl sites for hydroxylation is 1. The molecule has 0 amide bonds. The second-order valence-electron chi connectivity index (χ2n) is 3.69. The Kier molecular flexibility index (Phi) is 5.85. The van der Waals surface area contributed by atoms with E-state index in [1.165, 1.54) is 19.4 Å². The SMILES string of the molecule is COC(=O)CN.Cc1ccc(Br)c2ncc(F)cc12. The highest BCUT2D eigenvalue weighted by molar-refractivity contribution is 9.10. The lowest BCUT2D eigenvalue weighted by Gasteiger charge is -2.02. The number of pyridine rings is 1. The molecule has 0 spiro atoms. The molecule has 0 saturated heterocycles. The van der Waals surface area contributed by atoms with Gasteiger partial charge in [0.25, 0.3) is 0 Å². The van der Waals surface area contributed by atoms with Crippen molar-refractivity contribution in [2.24, 2.45) is 5.73 Å². The topological polar surface area (TPSA) is 65.2 Å². The first-order valence-electron chi connectivity index (χ1n) is 5.46. The van der Waals surface area contributed by atoms with Crippen molar-refractivity contribution < 1.29 is 13.9 Å². The number of aromatic nitrogens is 1. The zero-order valence-electron chi connectivity index (χ0n) is 10.6. The van der Waals surface area contributed by atoms with Crippen molar-refractivity contribution in [2.75, 3.05) is 13.7 Å². The Morgan fingerprint density at radius 3 is 2.74 bits per heavy atom. The van der Waals surface area contributed by atoms with Crippen molar-refractivity contribution in [3.8, 4) is 0 Å². The number of benzene rings is 1. The summed E-state index contributed by atoms with van der Waals surface area (Å²) in [7, 11) is 1.30. The van der Waals surface area contributed by atoms with Gasteiger partial charge in [-0.25, -0.2) is 4.39 Å². The molecule has 6 heteroatoms. The third-order valence-corrected chi connectivity index (χ3v) is 3.02. The van der Waals surface area contributed by atoms with Crippen LogP contribution in [-0.2, 0) is 9.53 Å². The quantitative estimate of drug-likeness (QED) is 0.817. The third-order valence-electron chi connectivity index (χ3n) is 2.38. The van der Waals surface area contributed by atoms with Crippen molar-refractivity contribution in [3.63, 3.8) is 0 Å². The van der Waals surface area contributed by atoms with Gasteiger partial charge in [0, 0.05) is 9.86 Å². The van der Waals surface area contributed by atoms with Crippen molar-refractivity contribution in [1.29, 1.82) is 0 Å². The first kappa shape index (κ1) is 15.5. The maximum atomic E-state index is 12.9. The highest BCUT2D eigenvalue weighted by Crippen LogP contribution is 2.24. The second-order valence-corrected chi connectivity index (χ2v) is 4.55. The maximum Gasteiger partial charge on any atom is 0.319 e. The molecule has 1 aromatic carbocycles. The van der Waals surface area contributed by atoms with Gasteiger partial charge < -0.3 is 10.5 Å². The molecular weight excluding hydrogens is 315 g/mol. The number of nitrogens with two attached hydrogens (primary N) is 1. The van der Waals surface area contributed by atoms with E-state index < -0.39 is 0 Å². The number of fused-ring (bicyclic) bond motifs is 1. The first-order chi connectivity index (χ1) is 8.99. The average Bonchev–Trinajstić information content (AvgIpc) is 2.43. The summed E-state index contributed by atoms with van der Waals surface area (Å²) in [6, 6.07) is 5.36. The van der Waals surface area contributed by atoms with Crippen molar-refractivity contribution in [2.45, 2.75) is 6.92 Å². The van der Waals surface area contributed by atoms with Gasteiger partial charge in [-0.3, -0.25) is 9.78 Å². The van der Waals surface area contributed by atoms with Crippen LogP contribution in [0.1, 0.15) is 5.56 Å². The van der Waals surface area contributed by atoms with Crippen LogP contribution in [0.4, 0.5) is 4.39 Å². The van der Waals surface area contributed by atoms with Gasteiger partial charge in [-0.15, -0.1) is 0 Å². The molecule has 0 fully saturated rings. The molecule has 19 heavy (non-hydrogen) atoms. The molecule has 0 aliphatic heterocycles. The Hall–Kier alpha value is -1.53. The molecule has 4 nitrogen and oxygen atoms in total. The van der Waals surface area contributed by atoms with Gasteiger partial charge in [0.05, 0.1) is 25.4 Å². The van der Waals surface area contributed by atoms with Crippen LogP contribution < -0.4 is 5.73 Å². The number of hydrogen-bond acceptors (Lipinski definition) is 4. The molecule has 0 aliphatic rings. The van der Waals surface area contributed by atoms with Crippen LogP contribution in [0.2, 0.25) is 0 Å². The third kappa shape index (κ3) is 4.25. The molecule has 2 aromatic rings. The molecule has 0 unspecified atom stereocenters. The summed E-state index contributed by atoms with van der Waals surface area (Å²) in [5.74, 6) is -0.677. The van der Waals surface area contributed by atoms with E-state index in [-0.39, 0.29) is 18.3 Å². The minimum atomic E-state index is -0.380. The van der Waals surface area contributed by atoms with Gasteiger partial charge >= 0.3 is 5.97 Å². The van der Waals surface area contributed by atoms with Gasteiger partial charge in [-0.2, -0.15) is 0 Å². The lowest BCUT2D eigenvalue weighted by atomic mass is 10.1. The number of rotatable bonds is 1. The lowest BCUT2D eigenvalue weighted by molar-refractivity contribution is -0.138. The molecule has 1 heterocycles. The zero-order valence-corrected chi connectivity index (χ0v) is 12.2. The van der Waals surface area contributed by atoms with Crippen LogP contribution in [0.25, 0.3) is 10.9 Å². The van der Waals surface area contributed by atoms with Crippen LogP contribution in [0.3, 0.4) is 0 Å². The summed E-state index contributed by atoms with van der Waals surface area (Å²) in [4.78, 5) is 13.9. The Morgan fingerprint density at radius 1 is 1.53 bits per heavy atom. The first-order valence-corrected chi connectivity index (χ1v) is 6.26. The molecule has 0 atom stereocenters.